The lowest BCUT2D eigenvalue weighted by molar-refractivity contribution is -0.116. The molecule has 3 aromatic rings. The fourth-order valence-corrected chi connectivity index (χ4v) is 3.21. The summed E-state index contributed by atoms with van der Waals surface area (Å²) in [4.78, 5) is 24.3. The zero-order chi connectivity index (χ0) is 21.7. The van der Waals surface area contributed by atoms with Crippen LogP contribution in [0.5, 0.6) is 0 Å². The fraction of sp³-hybridized carbons (Fsp3) is 0.190. The van der Waals surface area contributed by atoms with Crippen LogP contribution in [0.2, 0.25) is 0 Å². The molecule has 9 heteroatoms. The van der Waals surface area contributed by atoms with Crippen molar-refractivity contribution in [3.8, 4) is 5.69 Å². The first-order valence-electron chi connectivity index (χ1n) is 9.19. The second kappa shape index (κ2) is 9.62. The van der Waals surface area contributed by atoms with Gasteiger partial charge < -0.3 is 10.6 Å². The standard InChI is InChI=1S/C21H19BrF2N4O2/c1-13-10-19(28(27-13)16-5-2-4-14(22)11-16)26-20(29)6-3-9-25-21(30)17-8-7-15(23)12-18(17)24/h2,4-5,7-8,10-12H,3,6,9H2,1H3,(H,25,30)(H,26,29). The lowest BCUT2D eigenvalue weighted by Gasteiger charge is -2.10. The SMILES string of the molecule is Cc1cc(NC(=O)CCCNC(=O)c2ccc(F)cc2F)n(-c2cccc(Br)c2)n1. The molecule has 0 spiro atoms. The molecule has 2 aromatic carbocycles. The average molecular weight is 477 g/mol. The number of rotatable bonds is 7. The molecule has 0 saturated carbocycles. The number of aromatic nitrogens is 2. The van der Waals surface area contributed by atoms with Crippen molar-refractivity contribution in [1.29, 1.82) is 0 Å². The molecule has 0 bridgehead atoms. The highest BCUT2D eigenvalue weighted by molar-refractivity contribution is 9.10. The van der Waals surface area contributed by atoms with Crippen LogP contribution in [-0.2, 0) is 4.79 Å². The number of aryl methyl sites for hydroxylation is 1. The van der Waals surface area contributed by atoms with Crippen LogP contribution in [0.4, 0.5) is 14.6 Å². The smallest absolute Gasteiger partial charge is 0.254 e. The number of nitrogens with one attached hydrogen (secondary N) is 2. The predicted octanol–water partition coefficient (Wildman–Crippen LogP) is 4.37. The molecule has 0 aliphatic heterocycles. The molecular formula is C21H19BrF2N4O2. The summed E-state index contributed by atoms with van der Waals surface area (Å²) in [5, 5.41) is 9.74. The van der Waals surface area contributed by atoms with Crippen LogP contribution < -0.4 is 10.6 Å². The van der Waals surface area contributed by atoms with Crippen molar-refractivity contribution in [2.45, 2.75) is 19.8 Å². The Morgan fingerprint density at radius 2 is 1.93 bits per heavy atom. The molecule has 6 nitrogen and oxygen atoms in total. The molecule has 0 radical (unpaired) electrons. The average Bonchev–Trinajstić information content (AvgIpc) is 3.05. The Labute approximate surface area is 180 Å². The van der Waals surface area contributed by atoms with Crippen LogP contribution >= 0.6 is 15.9 Å². The van der Waals surface area contributed by atoms with E-state index in [9.17, 15) is 18.4 Å². The third-order valence-electron chi connectivity index (χ3n) is 4.19. The van der Waals surface area contributed by atoms with Crippen molar-refractivity contribution >= 4 is 33.6 Å². The molecule has 0 aliphatic rings. The first-order valence-corrected chi connectivity index (χ1v) is 9.98. The van der Waals surface area contributed by atoms with Crippen molar-refractivity contribution in [3.63, 3.8) is 0 Å². The highest BCUT2D eigenvalue weighted by Crippen LogP contribution is 2.20. The van der Waals surface area contributed by atoms with Gasteiger partial charge in [-0.05, 0) is 43.7 Å². The molecule has 1 aromatic heterocycles. The first kappa shape index (κ1) is 21.6. The Kier molecular flexibility index (Phi) is 6.94. The van der Waals surface area contributed by atoms with Crippen molar-refractivity contribution in [2.75, 3.05) is 11.9 Å². The van der Waals surface area contributed by atoms with E-state index in [0.717, 1.165) is 28.0 Å². The zero-order valence-corrected chi connectivity index (χ0v) is 17.7. The molecule has 2 amide bonds. The van der Waals surface area contributed by atoms with Crippen molar-refractivity contribution in [1.82, 2.24) is 15.1 Å². The topological polar surface area (TPSA) is 76.0 Å². The van der Waals surface area contributed by atoms with Gasteiger partial charge in [0.05, 0.1) is 16.9 Å². The molecule has 2 N–H and O–H groups in total. The molecule has 1 heterocycles. The summed E-state index contributed by atoms with van der Waals surface area (Å²) < 4.78 is 29.1. The minimum Gasteiger partial charge on any atom is -0.352 e. The summed E-state index contributed by atoms with van der Waals surface area (Å²) in [5.74, 6) is -2.04. The highest BCUT2D eigenvalue weighted by Gasteiger charge is 2.13. The molecule has 3 rings (SSSR count). The number of hydrogen-bond donors (Lipinski definition) is 2. The first-order chi connectivity index (χ1) is 14.3. The number of nitrogens with zero attached hydrogens (tertiary/aromatic N) is 2. The second-order valence-corrected chi connectivity index (χ2v) is 7.51. The molecule has 0 saturated heterocycles. The van der Waals surface area contributed by atoms with Crippen LogP contribution in [0.1, 0.15) is 28.9 Å². The van der Waals surface area contributed by atoms with E-state index in [4.69, 9.17) is 0 Å². The number of carbonyl (C=O) groups excluding carboxylic acids is 2. The zero-order valence-electron chi connectivity index (χ0n) is 16.1. The number of halogens is 3. The van der Waals surface area contributed by atoms with Crippen molar-refractivity contribution in [2.24, 2.45) is 0 Å². The Hall–Kier alpha value is -3.07. The van der Waals surface area contributed by atoms with E-state index in [2.05, 4.69) is 31.7 Å². The van der Waals surface area contributed by atoms with E-state index in [1.807, 2.05) is 31.2 Å². The Morgan fingerprint density at radius 3 is 2.67 bits per heavy atom. The van der Waals surface area contributed by atoms with Gasteiger partial charge in [-0.3, -0.25) is 9.59 Å². The lowest BCUT2D eigenvalue weighted by atomic mass is 10.2. The molecule has 0 aliphatic carbocycles. The molecule has 156 valence electrons. The van der Waals surface area contributed by atoms with E-state index >= 15 is 0 Å². The van der Waals surface area contributed by atoms with Crippen LogP contribution in [0.3, 0.4) is 0 Å². The van der Waals surface area contributed by atoms with Crippen molar-refractivity contribution < 1.29 is 18.4 Å². The summed E-state index contributed by atoms with van der Waals surface area (Å²) >= 11 is 3.42. The quantitative estimate of drug-likeness (QED) is 0.497. The maximum absolute atomic E-state index is 13.6. The number of anilines is 1. The van der Waals surface area contributed by atoms with Crippen LogP contribution in [0.25, 0.3) is 5.69 Å². The number of carbonyl (C=O) groups is 2. The lowest BCUT2D eigenvalue weighted by Crippen LogP contribution is -2.26. The van der Waals surface area contributed by atoms with E-state index in [1.54, 1.807) is 10.7 Å². The van der Waals surface area contributed by atoms with Gasteiger partial charge in [-0.2, -0.15) is 5.10 Å². The van der Waals surface area contributed by atoms with E-state index in [0.29, 0.717) is 18.3 Å². The van der Waals surface area contributed by atoms with Crippen LogP contribution in [0, 0.1) is 18.6 Å². The van der Waals surface area contributed by atoms with Gasteiger partial charge >= 0.3 is 0 Å². The van der Waals surface area contributed by atoms with Gasteiger partial charge in [-0.1, -0.05) is 22.0 Å². The van der Waals surface area contributed by atoms with Crippen molar-refractivity contribution in [3.05, 3.63) is 75.9 Å². The van der Waals surface area contributed by atoms with Gasteiger partial charge in [0.25, 0.3) is 5.91 Å². The molecule has 0 unspecified atom stereocenters. The van der Waals surface area contributed by atoms with Gasteiger partial charge in [-0.25, -0.2) is 13.5 Å². The summed E-state index contributed by atoms with van der Waals surface area (Å²) in [6.07, 6.45) is 0.499. The molecule has 0 atom stereocenters. The molecule has 30 heavy (non-hydrogen) atoms. The van der Waals surface area contributed by atoms with Crippen LogP contribution in [0.15, 0.2) is 53.0 Å². The van der Waals surface area contributed by atoms with Gasteiger partial charge in [0.15, 0.2) is 0 Å². The van der Waals surface area contributed by atoms with E-state index in [-0.39, 0.29) is 24.4 Å². The minimum atomic E-state index is -0.929. The summed E-state index contributed by atoms with van der Waals surface area (Å²) in [7, 11) is 0. The molecule has 0 fully saturated rings. The Balaban J connectivity index is 1.53. The third kappa shape index (κ3) is 5.50. The summed E-state index contributed by atoms with van der Waals surface area (Å²) in [6.45, 7) is 2.00. The predicted molar refractivity (Wildman–Crippen MR) is 113 cm³/mol. The minimum absolute atomic E-state index is 0.148. The van der Waals surface area contributed by atoms with Gasteiger partial charge in [0, 0.05) is 29.6 Å². The van der Waals surface area contributed by atoms with Gasteiger partial charge in [0.2, 0.25) is 5.91 Å². The van der Waals surface area contributed by atoms with Gasteiger partial charge in [0.1, 0.15) is 17.5 Å². The largest absolute Gasteiger partial charge is 0.352 e. The second-order valence-electron chi connectivity index (χ2n) is 6.59. The Morgan fingerprint density at radius 1 is 1.13 bits per heavy atom. The van der Waals surface area contributed by atoms with Crippen LogP contribution in [-0.4, -0.2) is 28.1 Å². The summed E-state index contributed by atoms with van der Waals surface area (Å²) in [6, 6.07) is 12.0. The Bertz CT molecular complexity index is 1080. The van der Waals surface area contributed by atoms with E-state index < -0.39 is 17.5 Å². The normalized spacial score (nSPS) is 10.7. The highest BCUT2D eigenvalue weighted by atomic mass is 79.9. The fourth-order valence-electron chi connectivity index (χ4n) is 2.82. The van der Waals surface area contributed by atoms with Gasteiger partial charge in [-0.15, -0.1) is 0 Å². The number of amides is 2. The molecular weight excluding hydrogens is 458 g/mol. The van der Waals surface area contributed by atoms with E-state index in [1.165, 1.54) is 0 Å². The number of hydrogen-bond acceptors (Lipinski definition) is 3. The number of benzene rings is 2. The maximum Gasteiger partial charge on any atom is 0.254 e. The summed E-state index contributed by atoms with van der Waals surface area (Å²) in [5.41, 5.74) is 1.30. The third-order valence-corrected chi connectivity index (χ3v) is 4.69. The monoisotopic (exact) mass is 476 g/mol. The maximum atomic E-state index is 13.6.